The first kappa shape index (κ1) is 15.5. The molecule has 0 spiro atoms. The average Bonchev–Trinajstić information content (AvgIpc) is 2.70. The van der Waals surface area contributed by atoms with Gasteiger partial charge in [0.2, 0.25) is 0 Å². The number of carbonyl (C=O) groups excluding carboxylic acids is 2. The van der Waals surface area contributed by atoms with Gasteiger partial charge in [-0.05, 0) is 38.3 Å². The fourth-order valence-corrected chi connectivity index (χ4v) is 2.81. The summed E-state index contributed by atoms with van der Waals surface area (Å²) in [6.07, 6.45) is 6.65. The third kappa shape index (κ3) is 4.59. The van der Waals surface area contributed by atoms with Crippen molar-refractivity contribution in [1.29, 1.82) is 0 Å². The molecule has 1 aromatic carbocycles. The fraction of sp³-hybridized carbons (Fsp3) is 0.529. The summed E-state index contributed by atoms with van der Waals surface area (Å²) < 4.78 is 0. The molecule has 1 saturated carbocycles. The first-order chi connectivity index (χ1) is 10.1. The van der Waals surface area contributed by atoms with Crippen LogP contribution in [0.25, 0.3) is 0 Å². The van der Waals surface area contributed by atoms with Gasteiger partial charge in [0.05, 0.1) is 0 Å². The molecule has 2 N–H and O–H groups in total. The van der Waals surface area contributed by atoms with Crippen LogP contribution in [0.4, 0.5) is 5.69 Å². The monoisotopic (exact) mass is 288 g/mol. The van der Waals surface area contributed by atoms with Crippen molar-refractivity contribution in [3.8, 4) is 0 Å². The molecule has 2 rings (SSSR count). The predicted molar refractivity (Wildman–Crippen MR) is 84.2 cm³/mol. The Morgan fingerprint density at radius 1 is 1.00 bits per heavy atom. The smallest absolute Gasteiger partial charge is 0.313 e. The van der Waals surface area contributed by atoms with Gasteiger partial charge >= 0.3 is 11.8 Å². The van der Waals surface area contributed by atoms with E-state index in [0.717, 1.165) is 36.8 Å². The van der Waals surface area contributed by atoms with Gasteiger partial charge in [0, 0.05) is 11.7 Å². The van der Waals surface area contributed by atoms with Gasteiger partial charge in [-0.15, -0.1) is 0 Å². The summed E-state index contributed by atoms with van der Waals surface area (Å²) in [4.78, 5) is 24.0. The summed E-state index contributed by atoms with van der Waals surface area (Å²) in [6.45, 7) is 3.92. The van der Waals surface area contributed by atoms with Crippen LogP contribution < -0.4 is 10.6 Å². The first-order valence-electron chi connectivity index (χ1n) is 7.75. The minimum absolute atomic E-state index is 0.143. The molecular weight excluding hydrogens is 264 g/mol. The maximum Gasteiger partial charge on any atom is 0.313 e. The molecule has 1 fully saturated rings. The number of rotatable bonds is 2. The molecule has 1 aliphatic carbocycles. The molecule has 1 aliphatic rings. The Labute approximate surface area is 126 Å². The Kier molecular flexibility index (Phi) is 5.37. The van der Waals surface area contributed by atoms with E-state index in [-0.39, 0.29) is 6.04 Å². The number of aryl methyl sites for hydroxylation is 2. The van der Waals surface area contributed by atoms with Gasteiger partial charge in [0.1, 0.15) is 0 Å². The van der Waals surface area contributed by atoms with E-state index < -0.39 is 11.8 Å². The van der Waals surface area contributed by atoms with Crippen molar-refractivity contribution in [3.63, 3.8) is 0 Å². The lowest BCUT2D eigenvalue weighted by atomic mass is 10.1. The van der Waals surface area contributed by atoms with Gasteiger partial charge in [0.15, 0.2) is 0 Å². The number of nitrogens with one attached hydrogen (secondary N) is 2. The Morgan fingerprint density at radius 2 is 1.67 bits per heavy atom. The van der Waals surface area contributed by atoms with Gasteiger partial charge in [-0.3, -0.25) is 9.59 Å². The molecule has 21 heavy (non-hydrogen) atoms. The Hall–Kier alpha value is -1.84. The maximum absolute atomic E-state index is 12.0. The standard InChI is InChI=1S/C17H24N2O2/c1-12-9-10-15(13(2)11-12)19-17(21)16(20)18-14-7-5-3-4-6-8-14/h9-11,14H,3-8H2,1-2H3,(H,18,20)(H,19,21). The van der Waals surface area contributed by atoms with E-state index in [1.807, 2.05) is 32.0 Å². The van der Waals surface area contributed by atoms with Crippen LogP contribution in [0.3, 0.4) is 0 Å². The van der Waals surface area contributed by atoms with Crippen molar-refractivity contribution < 1.29 is 9.59 Å². The van der Waals surface area contributed by atoms with Gasteiger partial charge in [-0.25, -0.2) is 0 Å². The third-order valence-electron chi connectivity index (χ3n) is 4.03. The summed E-state index contributed by atoms with van der Waals surface area (Å²) >= 11 is 0. The summed E-state index contributed by atoms with van der Waals surface area (Å²) in [5.74, 6) is -1.10. The molecule has 0 aliphatic heterocycles. The van der Waals surface area contributed by atoms with Crippen molar-refractivity contribution in [2.75, 3.05) is 5.32 Å². The molecule has 0 aromatic heterocycles. The molecule has 0 radical (unpaired) electrons. The number of benzene rings is 1. The van der Waals surface area contributed by atoms with Crippen LogP contribution in [0.1, 0.15) is 49.7 Å². The zero-order chi connectivity index (χ0) is 15.2. The van der Waals surface area contributed by atoms with Gasteiger partial charge < -0.3 is 10.6 Å². The van der Waals surface area contributed by atoms with E-state index in [4.69, 9.17) is 0 Å². The van der Waals surface area contributed by atoms with Crippen LogP contribution in [0.5, 0.6) is 0 Å². The van der Waals surface area contributed by atoms with Crippen LogP contribution in [0.2, 0.25) is 0 Å². The van der Waals surface area contributed by atoms with Crippen LogP contribution in [-0.2, 0) is 9.59 Å². The number of hydrogen-bond donors (Lipinski definition) is 2. The highest BCUT2D eigenvalue weighted by Crippen LogP contribution is 2.18. The Balaban J connectivity index is 1.91. The molecule has 4 heteroatoms. The van der Waals surface area contributed by atoms with Crippen LogP contribution in [-0.4, -0.2) is 17.9 Å². The normalized spacial score (nSPS) is 16.1. The van der Waals surface area contributed by atoms with Crippen LogP contribution in [0.15, 0.2) is 18.2 Å². The highest BCUT2D eigenvalue weighted by Gasteiger charge is 2.20. The minimum Gasteiger partial charge on any atom is -0.345 e. The van der Waals surface area contributed by atoms with Crippen LogP contribution in [0, 0.1) is 13.8 Å². The number of hydrogen-bond acceptors (Lipinski definition) is 2. The highest BCUT2D eigenvalue weighted by atomic mass is 16.2. The largest absolute Gasteiger partial charge is 0.345 e. The van der Waals surface area contributed by atoms with Gasteiger partial charge in [-0.1, -0.05) is 43.4 Å². The number of anilines is 1. The van der Waals surface area contributed by atoms with E-state index in [2.05, 4.69) is 10.6 Å². The molecule has 0 saturated heterocycles. The SMILES string of the molecule is Cc1ccc(NC(=O)C(=O)NC2CCCCCC2)c(C)c1. The van der Waals surface area contributed by atoms with Crippen molar-refractivity contribution in [1.82, 2.24) is 5.32 Å². The molecule has 2 amide bonds. The van der Waals surface area contributed by atoms with E-state index in [0.29, 0.717) is 5.69 Å². The molecule has 0 heterocycles. The summed E-state index contributed by atoms with van der Waals surface area (Å²) in [6, 6.07) is 5.89. The molecule has 0 bridgehead atoms. The fourth-order valence-electron chi connectivity index (χ4n) is 2.81. The lowest BCUT2D eigenvalue weighted by Gasteiger charge is -2.16. The Morgan fingerprint density at radius 3 is 2.29 bits per heavy atom. The zero-order valence-electron chi connectivity index (χ0n) is 12.9. The molecule has 1 aromatic rings. The second-order valence-corrected chi connectivity index (χ2v) is 5.93. The van der Waals surface area contributed by atoms with Crippen molar-refractivity contribution in [2.24, 2.45) is 0 Å². The minimum atomic E-state index is -0.578. The van der Waals surface area contributed by atoms with Gasteiger partial charge in [-0.2, -0.15) is 0 Å². The van der Waals surface area contributed by atoms with Gasteiger partial charge in [0.25, 0.3) is 0 Å². The summed E-state index contributed by atoms with van der Waals surface area (Å²) in [7, 11) is 0. The lowest BCUT2D eigenvalue weighted by molar-refractivity contribution is -0.136. The van der Waals surface area contributed by atoms with Crippen molar-refractivity contribution in [2.45, 2.75) is 58.4 Å². The van der Waals surface area contributed by atoms with E-state index in [9.17, 15) is 9.59 Å². The lowest BCUT2D eigenvalue weighted by Crippen LogP contribution is -2.41. The van der Waals surface area contributed by atoms with E-state index in [1.54, 1.807) is 0 Å². The van der Waals surface area contributed by atoms with E-state index >= 15 is 0 Å². The zero-order valence-corrected chi connectivity index (χ0v) is 12.9. The summed E-state index contributed by atoms with van der Waals surface area (Å²) in [5, 5.41) is 5.55. The maximum atomic E-state index is 12.0. The Bertz CT molecular complexity index is 518. The van der Waals surface area contributed by atoms with Crippen LogP contribution >= 0.6 is 0 Å². The highest BCUT2D eigenvalue weighted by molar-refractivity contribution is 6.39. The molecule has 0 atom stereocenters. The van der Waals surface area contributed by atoms with Crippen molar-refractivity contribution >= 4 is 17.5 Å². The first-order valence-corrected chi connectivity index (χ1v) is 7.75. The number of carbonyl (C=O) groups is 2. The van der Waals surface area contributed by atoms with E-state index in [1.165, 1.54) is 12.8 Å². The van der Waals surface area contributed by atoms with Crippen molar-refractivity contribution in [3.05, 3.63) is 29.3 Å². The molecule has 0 unspecified atom stereocenters. The predicted octanol–water partition coefficient (Wildman–Crippen LogP) is 3.08. The second-order valence-electron chi connectivity index (χ2n) is 5.93. The number of amides is 2. The quantitative estimate of drug-likeness (QED) is 0.649. The second kappa shape index (κ2) is 7.25. The topological polar surface area (TPSA) is 58.2 Å². The molecular formula is C17H24N2O2. The molecule has 4 nitrogen and oxygen atoms in total. The summed E-state index contributed by atoms with van der Waals surface area (Å²) in [5.41, 5.74) is 2.79. The molecule has 114 valence electrons. The third-order valence-corrected chi connectivity index (χ3v) is 4.03. The average molecular weight is 288 g/mol.